The van der Waals surface area contributed by atoms with Crippen LogP contribution in [0.25, 0.3) is 6.08 Å². The van der Waals surface area contributed by atoms with E-state index in [4.69, 9.17) is 18.9 Å². The summed E-state index contributed by atoms with van der Waals surface area (Å²) in [5, 5.41) is 0. The van der Waals surface area contributed by atoms with Crippen molar-refractivity contribution in [3.8, 4) is 11.5 Å². The van der Waals surface area contributed by atoms with Gasteiger partial charge in [0.2, 0.25) is 13.6 Å². The number of ketones is 1. The fourth-order valence-electron chi connectivity index (χ4n) is 2.09. The highest BCUT2D eigenvalue weighted by Crippen LogP contribution is 2.15. The predicted octanol–water partition coefficient (Wildman–Crippen LogP) is 3.71. The van der Waals surface area contributed by atoms with Crippen LogP contribution >= 0.6 is 0 Å². The van der Waals surface area contributed by atoms with Crippen molar-refractivity contribution in [2.24, 2.45) is 0 Å². The maximum atomic E-state index is 12.3. The van der Waals surface area contributed by atoms with Gasteiger partial charge in [-0.05, 0) is 48.0 Å². The van der Waals surface area contributed by atoms with Crippen LogP contribution in [0.1, 0.15) is 15.9 Å². The van der Waals surface area contributed by atoms with Crippen LogP contribution in [0.15, 0.2) is 79.9 Å². The predicted molar refractivity (Wildman–Crippen MR) is 110 cm³/mol. The molecule has 0 atom stereocenters. The Morgan fingerprint density at radius 2 is 1.20 bits per heavy atom. The summed E-state index contributed by atoms with van der Waals surface area (Å²) >= 11 is 0. The molecule has 154 valence electrons. The minimum absolute atomic E-state index is 0.184. The quantitative estimate of drug-likeness (QED) is 0.242. The molecule has 0 fully saturated rings. The van der Waals surface area contributed by atoms with Gasteiger partial charge in [0.15, 0.2) is 5.78 Å². The minimum atomic E-state index is -0.581. The van der Waals surface area contributed by atoms with E-state index in [0.717, 1.165) is 17.7 Å². The molecule has 2 aromatic carbocycles. The molecule has 0 amide bonds. The summed E-state index contributed by atoms with van der Waals surface area (Å²) in [6.45, 7) is 6.12. The number of hydrogen-bond acceptors (Lipinski definition) is 7. The van der Waals surface area contributed by atoms with E-state index in [1.54, 1.807) is 54.6 Å². The van der Waals surface area contributed by atoms with E-state index in [-0.39, 0.29) is 19.4 Å². The molecule has 0 heterocycles. The number of carbonyl (C=O) groups excluding carboxylic acids is 3. The summed E-state index contributed by atoms with van der Waals surface area (Å²) in [5.74, 6) is -0.353. The molecule has 0 spiro atoms. The van der Waals surface area contributed by atoms with Gasteiger partial charge < -0.3 is 18.9 Å². The molecule has 0 aliphatic heterocycles. The first-order chi connectivity index (χ1) is 14.5. The summed E-state index contributed by atoms with van der Waals surface area (Å²) in [7, 11) is 0. The molecule has 7 heteroatoms. The smallest absolute Gasteiger partial charge is 0.333 e. The fraction of sp³-hybridized carbons (Fsp3) is 0.0870. The molecular formula is C23H20O7. The minimum Gasteiger partial charge on any atom is -0.457 e. The van der Waals surface area contributed by atoms with Gasteiger partial charge in [0.25, 0.3) is 0 Å². The summed E-state index contributed by atoms with van der Waals surface area (Å²) < 4.78 is 19.9. The summed E-state index contributed by atoms with van der Waals surface area (Å²) in [4.78, 5) is 34.2. The van der Waals surface area contributed by atoms with E-state index < -0.39 is 11.9 Å². The standard InChI is InChI=1S/C23H20O7/c1-3-22(25)29-15-27-19-10-5-17(6-11-19)7-14-21(24)18-8-12-20(13-9-18)28-16-30-23(26)4-2/h3-14H,1-2,15-16H2/b14-7+. The third kappa shape index (κ3) is 7.47. The molecular weight excluding hydrogens is 388 g/mol. The van der Waals surface area contributed by atoms with Crippen molar-refractivity contribution < 1.29 is 33.3 Å². The summed E-state index contributed by atoms with van der Waals surface area (Å²) in [6.07, 6.45) is 5.21. The molecule has 0 aliphatic carbocycles. The number of esters is 2. The van der Waals surface area contributed by atoms with Gasteiger partial charge in [0.05, 0.1) is 0 Å². The average molecular weight is 408 g/mol. The second-order valence-corrected chi connectivity index (χ2v) is 5.65. The molecule has 2 aromatic rings. The molecule has 0 aromatic heterocycles. The lowest BCUT2D eigenvalue weighted by Crippen LogP contribution is -2.07. The maximum Gasteiger partial charge on any atom is 0.333 e. The SMILES string of the molecule is C=CC(=O)OCOc1ccc(/C=C/C(=O)c2ccc(OCOC(=O)C=C)cc2)cc1. The Morgan fingerprint density at radius 3 is 1.67 bits per heavy atom. The first-order valence-electron chi connectivity index (χ1n) is 8.78. The van der Waals surface area contributed by atoms with Gasteiger partial charge in [-0.15, -0.1) is 0 Å². The molecule has 0 radical (unpaired) electrons. The van der Waals surface area contributed by atoms with E-state index in [1.165, 1.54) is 6.08 Å². The molecule has 0 bridgehead atoms. The van der Waals surface area contributed by atoms with Gasteiger partial charge in [-0.2, -0.15) is 0 Å². The van der Waals surface area contributed by atoms with E-state index in [0.29, 0.717) is 17.1 Å². The van der Waals surface area contributed by atoms with E-state index in [2.05, 4.69) is 13.2 Å². The Balaban J connectivity index is 1.84. The average Bonchev–Trinajstić information content (AvgIpc) is 2.78. The number of carbonyl (C=O) groups is 3. The van der Waals surface area contributed by atoms with Gasteiger partial charge in [-0.1, -0.05) is 31.4 Å². The lowest BCUT2D eigenvalue weighted by atomic mass is 10.1. The highest BCUT2D eigenvalue weighted by molar-refractivity contribution is 6.06. The topological polar surface area (TPSA) is 88.1 Å². The molecule has 2 rings (SSSR count). The van der Waals surface area contributed by atoms with Crippen LogP contribution in [-0.4, -0.2) is 31.3 Å². The van der Waals surface area contributed by atoms with Gasteiger partial charge in [-0.25, -0.2) is 9.59 Å². The van der Waals surface area contributed by atoms with Crippen LogP contribution in [0.3, 0.4) is 0 Å². The van der Waals surface area contributed by atoms with Crippen molar-refractivity contribution in [1.82, 2.24) is 0 Å². The van der Waals surface area contributed by atoms with Crippen molar-refractivity contribution >= 4 is 23.8 Å². The Kier molecular flexibility index (Phi) is 8.61. The lowest BCUT2D eigenvalue weighted by molar-refractivity contribution is -0.145. The second kappa shape index (κ2) is 11.7. The van der Waals surface area contributed by atoms with Crippen LogP contribution in [0.5, 0.6) is 11.5 Å². The summed E-state index contributed by atoms with van der Waals surface area (Å²) in [6, 6.07) is 13.3. The van der Waals surface area contributed by atoms with Crippen molar-refractivity contribution in [1.29, 1.82) is 0 Å². The van der Waals surface area contributed by atoms with Gasteiger partial charge >= 0.3 is 11.9 Å². The normalized spacial score (nSPS) is 10.1. The van der Waals surface area contributed by atoms with Gasteiger partial charge in [-0.3, -0.25) is 4.79 Å². The van der Waals surface area contributed by atoms with Crippen molar-refractivity contribution in [3.05, 3.63) is 91.0 Å². The number of ether oxygens (including phenoxy) is 4. The van der Waals surface area contributed by atoms with Crippen molar-refractivity contribution in [2.75, 3.05) is 13.6 Å². The molecule has 7 nitrogen and oxygen atoms in total. The molecule has 30 heavy (non-hydrogen) atoms. The third-order valence-corrected chi connectivity index (χ3v) is 3.63. The zero-order chi connectivity index (χ0) is 21.8. The molecule has 0 aliphatic rings. The highest BCUT2D eigenvalue weighted by atomic mass is 16.7. The van der Waals surface area contributed by atoms with Crippen LogP contribution in [0.4, 0.5) is 0 Å². The number of rotatable bonds is 11. The zero-order valence-electron chi connectivity index (χ0n) is 16.1. The van der Waals surface area contributed by atoms with E-state index >= 15 is 0 Å². The summed E-state index contributed by atoms with van der Waals surface area (Å²) in [5.41, 5.74) is 1.27. The van der Waals surface area contributed by atoms with Crippen LogP contribution in [0.2, 0.25) is 0 Å². The lowest BCUT2D eigenvalue weighted by Gasteiger charge is -2.06. The molecule has 0 saturated heterocycles. The highest BCUT2D eigenvalue weighted by Gasteiger charge is 2.03. The Hall–Kier alpha value is -4.13. The largest absolute Gasteiger partial charge is 0.457 e. The third-order valence-electron chi connectivity index (χ3n) is 3.63. The first kappa shape index (κ1) is 22.2. The van der Waals surface area contributed by atoms with Crippen LogP contribution < -0.4 is 9.47 Å². The van der Waals surface area contributed by atoms with Gasteiger partial charge in [0.1, 0.15) is 11.5 Å². The van der Waals surface area contributed by atoms with Gasteiger partial charge in [0, 0.05) is 17.7 Å². The second-order valence-electron chi connectivity index (χ2n) is 5.65. The number of hydrogen-bond donors (Lipinski definition) is 0. The number of allylic oxidation sites excluding steroid dienone is 1. The van der Waals surface area contributed by atoms with Crippen molar-refractivity contribution in [3.63, 3.8) is 0 Å². The molecule has 0 saturated carbocycles. The zero-order valence-corrected chi connectivity index (χ0v) is 16.1. The maximum absolute atomic E-state index is 12.3. The number of benzene rings is 2. The van der Waals surface area contributed by atoms with Crippen molar-refractivity contribution in [2.45, 2.75) is 0 Å². The molecule has 0 unspecified atom stereocenters. The van der Waals surface area contributed by atoms with E-state index in [1.807, 2.05) is 0 Å². The molecule has 0 N–H and O–H groups in total. The fourth-order valence-corrected chi connectivity index (χ4v) is 2.09. The van der Waals surface area contributed by atoms with Crippen LogP contribution in [-0.2, 0) is 19.1 Å². The Labute approximate surface area is 173 Å². The Morgan fingerprint density at radius 1 is 0.733 bits per heavy atom. The van der Waals surface area contributed by atoms with Crippen LogP contribution in [0, 0.1) is 0 Å². The van der Waals surface area contributed by atoms with E-state index in [9.17, 15) is 14.4 Å². The Bertz CT molecular complexity index is 925. The monoisotopic (exact) mass is 408 g/mol. The first-order valence-corrected chi connectivity index (χ1v) is 8.78.